The molecule has 0 aliphatic rings. The topological polar surface area (TPSA) is 75.6 Å². The molecule has 5 nitrogen and oxygen atoms in total. The number of amides is 1. The highest BCUT2D eigenvalue weighted by Gasteiger charge is 2.11. The number of carboxylic acid groups (broad SMARTS) is 1. The van der Waals surface area contributed by atoms with Crippen molar-refractivity contribution < 1.29 is 19.4 Å². The van der Waals surface area contributed by atoms with Gasteiger partial charge in [-0.05, 0) is 30.7 Å². The van der Waals surface area contributed by atoms with Crippen LogP contribution in [0.3, 0.4) is 0 Å². The maximum Gasteiger partial charge on any atom is 0.325 e. The number of hydrogen-bond donors (Lipinski definition) is 2. The van der Waals surface area contributed by atoms with Gasteiger partial charge in [-0.3, -0.25) is 9.59 Å². The Morgan fingerprint density at radius 3 is 2.78 bits per heavy atom. The smallest absolute Gasteiger partial charge is 0.325 e. The van der Waals surface area contributed by atoms with Crippen molar-refractivity contribution in [2.75, 3.05) is 7.11 Å². The van der Waals surface area contributed by atoms with Gasteiger partial charge in [0.05, 0.1) is 7.11 Å². The molecule has 0 spiro atoms. The maximum atomic E-state index is 11.4. The highest BCUT2D eigenvalue weighted by molar-refractivity contribution is 5.94. The number of ether oxygens (including phenoxy) is 1. The lowest BCUT2D eigenvalue weighted by Crippen LogP contribution is -2.37. The molecule has 1 aromatic carbocycles. The summed E-state index contributed by atoms with van der Waals surface area (Å²) < 4.78 is 5.05. The molecule has 1 rings (SSSR count). The predicted octanol–water partition coefficient (Wildman–Crippen LogP) is 1.30. The Bertz CT molecular complexity index is 468. The predicted molar refractivity (Wildman–Crippen MR) is 67.3 cm³/mol. The molecule has 5 heteroatoms. The quantitative estimate of drug-likeness (QED) is 0.771. The second-order valence-corrected chi connectivity index (χ2v) is 3.68. The first kappa shape index (κ1) is 13.8. The van der Waals surface area contributed by atoms with Gasteiger partial charge in [0.25, 0.3) is 0 Å². The Kier molecular flexibility index (Phi) is 4.92. The van der Waals surface area contributed by atoms with Crippen molar-refractivity contribution in [3.05, 3.63) is 35.9 Å². The summed E-state index contributed by atoms with van der Waals surface area (Å²) in [5.74, 6) is -0.831. The Hall–Kier alpha value is -2.30. The first-order valence-corrected chi connectivity index (χ1v) is 5.38. The number of rotatable bonds is 5. The Balaban J connectivity index is 2.63. The Morgan fingerprint density at radius 1 is 1.44 bits per heavy atom. The molecule has 1 atom stereocenters. The number of hydrogen-bond acceptors (Lipinski definition) is 3. The van der Waals surface area contributed by atoms with E-state index in [-0.39, 0.29) is 0 Å². The molecule has 0 bridgehead atoms. The number of nitrogens with one attached hydrogen (secondary N) is 1. The summed E-state index contributed by atoms with van der Waals surface area (Å²) in [5, 5.41) is 11.0. The molecule has 0 heterocycles. The highest BCUT2D eigenvalue weighted by atomic mass is 16.5. The minimum Gasteiger partial charge on any atom is -0.497 e. The molecule has 0 aromatic heterocycles. The van der Waals surface area contributed by atoms with Gasteiger partial charge in [0.15, 0.2) is 0 Å². The third kappa shape index (κ3) is 4.29. The molecule has 1 aromatic rings. The molecular formula is C13H15NO4. The summed E-state index contributed by atoms with van der Waals surface area (Å²) in [7, 11) is 1.56. The van der Waals surface area contributed by atoms with Crippen LogP contribution >= 0.6 is 0 Å². The summed E-state index contributed by atoms with van der Waals surface area (Å²) >= 11 is 0. The van der Waals surface area contributed by atoms with Gasteiger partial charge in [0.1, 0.15) is 11.8 Å². The average Bonchev–Trinajstić information content (AvgIpc) is 2.36. The van der Waals surface area contributed by atoms with Crippen LogP contribution in [0.25, 0.3) is 6.08 Å². The molecule has 0 aliphatic carbocycles. The van der Waals surface area contributed by atoms with Gasteiger partial charge in [-0.2, -0.15) is 0 Å². The van der Waals surface area contributed by atoms with Gasteiger partial charge >= 0.3 is 5.97 Å². The third-order valence-corrected chi connectivity index (χ3v) is 2.25. The van der Waals surface area contributed by atoms with Gasteiger partial charge in [0, 0.05) is 6.08 Å². The number of carboxylic acids is 1. The van der Waals surface area contributed by atoms with Crippen LogP contribution in [0.2, 0.25) is 0 Å². The fraction of sp³-hybridized carbons (Fsp3) is 0.231. The zero-order valence-electron chi connectivity index (χ0n) is 10.2. The summed E-state index contributed by atoms with van der Waals surface area (Å²) in [6.07, 6.45) is 2.88. The molecule has 96 valence electrons. The molecule has 18 heavy (non-hydrogen) atoms. The normalized spacial score (nSPS) is 12.1. The van der Waals surface area contributed by atoms with Crippen molar-refractivity contribution in [2.24, 2.45) is 0 Å². The lowest BCUT2D eigenvalue weighted by molar-refractivity contribution is -0.140. The van der Waals surface area contributed by atoms with Crippen LogP contribution < -0.4 is 10.1 Å². The standard InChI is InChI=1S/C13H15NO4/c1-9(13(16)17)14-12(15)7-6-10-4-3-5-11(8-10)18-2/h3-9H,1-2H3,(H,14,15)(H,16,17)/b7-6+/t9-/m1/s1. The number of aliphatic carboxylic acids is 1. The van der Waals surface area contributed by atoms with Crippen molar-refractivity contribution in [1.29, 1.82) is 0 Å². The van der Waals surface area contributed by atoms with Crippen LogP contribution in [-0.4, -0.2) is 30.1 Å². The fourth-order valence-corrected chi connectivity index (χ4v) is 1.24. The first-order chi connectivity index (χ1) is 8.52. The van der Waals surface area contributed by atoms with E-state index in [1.165, 1.54) is 13.0 Å². The van der Waals surface area contributed by atoms with Gasteiger partial charge in [-0.15, -0.1) is 0 Å². The van der Waals surface area contributed by atoms with Crippen LogP contribution in [0.15, 0.2) is 30.3 Å². The molecular weight excluding hydrogens is 234 g/mol. The highest BCUT2D eigenvalue weighted by Crippen LogP contribution is 2.13. The second-order valence-electron chi connectivity index (χ2n) is 3.68. The van der Waals surface area contributed by atoms with E-state index in [0.29, 0.717) is 5.75 Å². The molecule has 0 saturated carbocycles. The monoisotopic (exact) mass is 249 g/mol. The number of methoxy groups -OCH3 is 1. The van der Waals surface area contributed by atoms with Crippen LogP contribution in [0.4, 0.5) is 0 Å². The van der Waals surface area contributed by atoms with E-state index in [0.717, 1.165) is 5.56 Å². The SMILES string of the molecule is COc1cccc(/C=C/C(=O)N[C@H](C)C(=O)O)c1. The molecule has 0 aliphatic heterocycles. The van der Waals surface area contributed by atoms with Crippen molar-refractivity contribution in [1.82, 2.24) is 5.32 Å². The molecule has 0 unspecified atom stereocenters. The van der Waals surface area contributed by atoms with Gasteiger partial charge in [0.2, 0.25) is 5.91 Å². The number of benzene rings is 1. The largest absolute Gasteiger partial charge is 0.497 e. The first-order valence-electron chi connectivity index (χ1n) is 5.38. The van der Waals surface area contributed by atoms with E-state index in [2.05, 4.69) is 5.32 Å². The fourth-order valence-electron chi connectivity index (χ4n) is 1.24. The lowest BCUT2D eigenvalue weighted by atomic mass is 10.2. The van der Waals surface area contributed by atoms with Gasteiger partial charge in [-0.1, -0.05) is 12.1 Å². The van der Waals surface area contributed by atoms with Gasteiger partial charge < -0.3 is 15.2 Å². The summed E-state index contributed by atoms with van der Waals surface area (Å²) in [6, 6.07) is 6.27. The second kappa shape index (κ2) is 6.44. The Labute approximate surface area is 105 Å². The third-order valence-electron chi connectivity index (χ3n) is 2.25. The number of carbonyl (C=O) groups is 2. The van der Waals surface area contributed by atoms with E-state index in [1.807, 2.05) is 6.07 Å². The van der Waals surface area contributed by atoms with E-state index in [1.54, 1.807) is 31.4 Å². The van der Waals surface area contributed by atoms with Crippen LogP contribution in [0.1, 0.15) is 12.5 Å². The molecule has 0 fully saturated rings. The number of carbonyl (C=O) groups excluding carboxylic acids is 1. The van der Waals surface area contributed by atoms with Crippen molar-refractivity contribution >= 4 is 18.0 Å². The summed E-state index contributed by atoms with van der Waals surface area (Å²) in [5.41, 5.74) is 0.799. The van der Waals surface area contributed by atoms with E-state index in [4.69, 9.17) is 9.84 Å². The summed E-state index contributed by atoms with van der Waals surface area (Å²) in [6.45, 7) is 1.40. The molecule has 2 N–H and O–H groups in total. The lowest BCUT2D eigenvalue weighted by Gasteiger charge is -2.06. The molecule has 0 radical (unpaired) electrons. The van der Waals surface area contributed by atoms with E-state index < -0.39 is 17.9 Å². The van der Waals surface area contributed by atoms with Crippen molar-refractivity contribution in [3.8, 4) is 5.75 Å². The van der Waals surface area contributed by atoms with Crippen molar-refractivity contribution in [2.45, 2.75) is 13.0 Å². The minimum atomic E-state index is -1.07. The zero-order chi connectivity index (χ0) is 13.5. The van der Waals surface area contributed by atoms with Crippen molar-refractivity contribution in [3.63, 3.8) is 0 Å². The molecule has 0 saturated heterocycles. The Morgan fingerprint density at radius 2 is 2.17 bits per heavy atom. The van der Waals surface area contributed by atoms with E-state index in [9.17, 15) is 9.59 Å². The van der Waals surface area contributed by atoms with Crippen LogP contribution in [0.5, 0.6) is 5.75 Å². The molecule has 1 amide bonds. The van der Waals surface area contributed by atoms with Crippen LogP contribution in [-0.2, 0) is 9.59 Å². The maximum absolute atomic E-state index is 11.4. The van der Waals surface area contributed by atoms with Gasteiger partial charge in [-0.25, -0.2) is 0 Å². The summed E-state index contributed by atoms with van der Waals surface area (Å²) in [4.78, 5) is 21.9. The minimum absolute atomic E-state index is 0.451. The average molecular weight is 249 g/mol. The van der Waals surface area contributed by atoms with Crippen LogP contribution in [0, 0.1) is 0 Å². The van der Waals surface area contributed by atoms with E-state index >= 15 is 0 Å². The zero-order valence-corrected chi connectivity index (χ0v) is 10.2.